The van der Waals surface area contributed by atoms with Gasteiger partial charge in [-0.05, 0) is 48.5 Å². The summed E-state index contributed by atoms with van der Waals surface area (Å²) in [5.41, 5.74) is 3.31. The summed E-state index contributed by atoms with van der Waals surface area (Å²) in [6.07, 6.45) is 1.99. The number of nitrogens with one attached hydrogen (secondary N) is 1. The molecule has 4 aromatic rings. The van der Waals surface area contributed by atoms with E-state index in [9.17, 15) is 4.79 Å². The Morgan fingerprint density at radius 3 is 2.74 bits per heavy atom. The van der Waals surface area contributed by atoms with Crippen LogP contribution >= 0.6 is 0 Å². The van der Waals surface area contributed by atoms with Crippen LogP contribution in [0.2, 0.25) is 0 Å². The third-order valence-electron chi connectivity index (χ3n) is 4.22. The number of methoxy groups -OCH3 is 1. The molecule has 2 aromatic heterocycles. The van der Waals surface area contributed by atoms with Crippen LogP contribution in [0.1, 0.15) is 16.1 Å². The molecule has 4 rings (SSSR count). The summed E-state index contributed by atoms with van der Waals surface area (Å²) in [7, 11) is 3.63. The number of carbonyl (C=O) groups is 1. The first kappa shape index (κ1) is 13.6. The van der Waals surface area contributed by atoms with Crippen LogP contribution in [0.15, 0.2) is 54.7 Å². The van der Waals surface area contributed by atoms with Crippen LogP contribution in [-0.2, 0) is 7.05 Å². The molecule has 0 bridgehead atoms. The predicted molar refractivity (Wildman–Crippen MR) is 91.2 cm³/mol. The van der Waals surface area contributed by atoms with Crippen molar-refractivity contribution in [3.05, 3.63) is 66.0 Å². The highest BCUT2D eigenvalue weighted by atomic mass is 16.5. The second-order valence-electron chi connectivity index (χ2n) is 5.67. The van der Waals surface area contributed by atoms with E-state index in [0.717, 1.165) is 27.6 Å². The van der Waals surface area contributed by atoms with Crippen molar-refractivity contribution in [3.63, 3.8) is 0 Å². The summed E-state index contributed by atoms with van der Waals surface area (Å²) in [6.45, 7) is 0. The Morgan fingerprint density at radius 2 is 1.91 bits per heavy atom. The minimum atomic E-state index is -0.00841. The molecule has 0 spiro atoms. The van der Waals surface area contributed by atoms with E-state index >= 15 is 0 Å². The molecule has 114 valence electrons. The molecule has 23 heavy (non-hydrogen) atoms. The van der Waals surface area contributed by atoms with Crippen LogP contribution in [0.25, 0.3) is 21.8 Å². The van der Waals surface area contributed by atoms with Crippen LogP contribution < -0.4 is 4.74 Å². The number of benzene rings is 2. The van der Waals surface area contributed by atoms with Crippen molar-refractivity contribution in [2.24, 2.45) is 7.05 Å². The summed E-state index contributed by atoms with van der Waals surface area (Å²) in [5.74, 6) is 0.770. The Labute approximate surface area is 133 Å². The number of hydrogen-bond donors (Lipinski definition) is 1. The van der Waals surface area contributed by atoms with E-state index in [0.29, 0.717) is 11.3 Å². The van der Waals surface area contributed by atoms with Crippen molar-refractivity contribution >= 4 is 27.6 Å². The molecule has 0 fully saturated rings. The Balaban J connectivity index is 1.77. The summed E-state index contributed by atoms with van der Waals surface area (Å²) in [6, 6.07) is 15.4. The Bertz CT molecular complexity index is 1040. The molecule has 2 aromatic carbocycles. The van der Waals surface area contributed by atoms with Crippen LogP contribution in [0.5, 0.6) is 5.75 Å². The summed E-state index contributed by atoms with van der Waals surface area (Å²) < 4.78 is 7.27. The third-order valence-corrected chi connectivity index (χ3v) is 4.22. The molecule has 0 saturated carbocycles. The van der Waals surface area contributed by atoms with Crippen LogP contribution in [0.3, 0.4) is 0 Å². The molecule has 2 heterocycles. The van der Waals surface area contributed by atoms with Gasteiger partial charge in [-0.2, -0.15) is 0 Å². The molecular formula is C19H16N2O2. The van der Waals surface area contributed by atoms with Crippen LogP contribution in [0, 0.1) is 0 Å². The van der Waals surface area contributed by atoms with Gasteiger partial charge in [-0.15, -0.1) is 0 Å². The van der Waals surface area contributed by atoms with Gasteiger partial charge in [0.25, 0.3) is 0 Å². The van der Waals surface area contributed by atoms with Crippen molar-refractivity contribution in [1.29, 1.82) is 0 Å². The zero-order chi connectivity index (χ0) is 16.0. The van der Waals surface area contributed by atoms with Gasteiger partial charge < -0.3 is 14.3 Å². The molecule has 0 unspecified atom stereocenters. The molecule has 1 N–H and O–H groups in total. The zero-order valence-corrected chi connectivity index (χ0v) is 13.0. The van der Waals surface area contributed by atoms with E-state index in [1.807, 2.05) is 66.3 Å². The summed E-state index contributed by atoms with van der Waals surface area (Å²) in [5, 5.41) is 2.03. The molecule has 0 aliphatic heterocycles. The molecule has 4 heteroatoms. The van der Waals surface area contributed by atoms with Gasteiger partial charge in [0.2, 0.25) is 5.78 Å². The number of ketones is 1. The van der Waals surface area contributed by atoms with Gasteiger partial charge in [0, 0.05) is 40.6 Å². The fourth-order valence-electron chi connectivity index (χ4n) is 2.94. The first-order valence-electron chi connectivity index (χ1n) is 7.42. The Morgan fingerprint density at radius 1 is 1.04 bits per heavy atom. The lowest BCUT2D eigenvalue weighted by Crippen LogP contribution is -2.01. The van der Waals surface area contributed by atoms with Crippen molar-refractivity contribution in [1.82, 2.24) is 9.55 Å². The third kappa shape index (κ3) is 2.19. The van der Waals surface area contributed by atoms with E-state index < -0.39 is 0 Å². The normalized spacial score (nSPS) is 11.2. The number of aryl methyl sites for hydroxylation is 1. The standard InChI is InChI=1S/C19H16N2O2/c1-21-8-7-12-9-13(3-6-18(12)21)19(22)17-11-14-10-15(23-2)4-5-16(14)20-17/h3-11,20H,1-2H3. The van der Waals surface area contributed by atoms with E-state index in [-0.39, 0.29) is 5.78 Å². The van der Waals surface area contributed by atoms with Gasteiger partial charge in [0.1, 0.15) is 5.75 Å². The van der Waals surface area contributed by atoms with E-state index in [4.69, 9.17) is 4.74 Å². The van der Waals surface area contributed by atoms with Crippen molar-refractivity contribution in [2.75, 3.05) is 7.11 Å². The van der Waals surface area contributed by atoms with E-state index in [1.165, 1.54) is 0 Å². The monoisotopic (exact) mass is 304 g/mol. The lowest BCUT2D eigenvalue weighted by atomic mass is 10.1. The molecule has 0 radical (unpaired) electrons. The smallest absolute Gasteiger partial charge is 0.209 e. The maximum Gasteiger partial charge on any atom is 0.209 e. The molecule has 0 aliphatic carbocycles. The van der Waals surface area contributed by atoms with Crippen molar-refractivity contribution < 1.29 is 9.53 Å². The molecule has 0 amide bonds. The van der Waals surface area contributed by atoms with Crippen molar-refractivity contribution in [2.45, 2.75) is 0 Å². The van der Waals surface area contributed by atoms with E-state index in [1.54, 1.807) is 7.11 Å². The average Bonchev–Trinajstić information content (AvgIpc) is 3.17. The second kappa shape index (κ2) is 5.02. The quantitative estimate of drug-likeness (QED) is 0.584. The van der Waals surface area contributed by atoms with Gasteiger partial charge >= 0.3 is 0 Å². The number of hydrogen-bond acceptors (Lipinski definition) is 2. The molecular weight excluding hydrogens is 288 g/mol. The number of carbonyl (C=O) groups excluding carboxylic acids is 1. The average molecular weight is 304 g/mol. The van der Waals surface area contributed by atoms with Gasteiger partial charge in [-0.1, -0.05) is 0 Å². The predicted octanol–water partition coefficient (Wildman–Crippen LogP) is 3.90. The highest BCUT2D eigenvalue weighted by Crippen LogP contribution is 2.24. The highest BCUT2D eigenvalue weighted by Gasteiger charge is 2.13. The lowest BCUT2D eigenvalue weighted by molar-refractivity contribution is 0.103. The molecule has 0 saturated heterocycles. The van der Waals surface area contributed by atoms with Crippen molar-refractivity contribution in [3.8, 4) is 5.75 Å². The van der Waals surface area contributed by atoms with Gasteiger partial charge in [0.15, 0.2) is 0 Å². The number of aromatic nitrogens is 2. The van der Waals surface area contributed by atoms with Gasteiger partial charge in [-0.25, -0.2) is 0 Å². The first-order chi connectivity index (χ1) is 11.2. The maximum absolute atomic E-state index is 12.8. The van der Waals surface area contributed by atoms with E-state index in [2.05, 4.69) is 4.98 Å². The zero-order valence-electron chi connectivity index (χ0n) is 13.0. The minimum Gasteiger partial charge on any atom is -0.497 e. The fourth-order valence-corrected chi connectivity index (χ4v) is 2.94. The summed E-state index contributed by atoms with van der Waals surface area (Å²) in [4.78, 5) is 15.9. The van der Waals surface area contributed by atoms with Crippen LogP contribution in [0.4, 0.5) is 0 Å². The number of nitrogens with zero attached hydrogens (tertiary/aromatic N) is 1. The topological polar surface area (TPSA) is 47.0 Å². The molecule has 0 aliphatic rings. The lowest BCUT2D eigenvalue weighted by Gasteiger charge is -2.00. The Kier molecular flexibility index (Phi) is 2.98. The first-order valence-corrected chi connectivity index (χ1v) is 7.42. The summed E-state index contributed by atoms with van der Waals surface area (Å²) >= 11 is 0. The second-order valence-corrected chi connectivity index (χ2v) is 5.67. The van der Waals surface area contributed by atoms with Crippen LogP contribution in [-0.4, -0.2) is 22.4 Å². The number of H-pyrrole nitrogens is 1. The molecule has 0 atom stereocenters. The number of fused-ring (bicyclic) bond motifs is 2. The largest absolute Gasteiger partial charge is 0.497 e. The number of ether oxygens (including phenoxy) is 1. The minimum absolute atomic E-state index is 0.00841. The van der Waals surface area contributed by atoms with Gasteiger partial charge in [0.05, 0.1) is 12.8 Å². The Hall–Kier alpha value is -3.01. The molecule has 4 nitrogen and oxygen atoms in total. The SMILES string of the molecule is COc1ccc2[nH]c(C(=O)c3ccc4c(ccn4C)c3)cc2c1. The number of rotatable bonds is 3. The number of aromatic amines is 1. The van der Waals surface area contributed by atoms with Gasteiger partial charge in [-0.3, -0.25) is 4.79 Å². The maximum atomic E-state index is 12.8. The highest BCUT2D eigenvalue weighted by molar-refractivity contribution is 6.11. The fraction of sp³-hybridized carbons (Fsp3) is 0.105.